The molecule has 0 amide bonds. The standard InChI is InChI=1S/C22H26NO6.HI/c1-23(2)7-6-14-9-19-21(29-12-28-19)22(25-3)20(14)15(23)10-16(24)13-4-5-17-18(8-13)27-11-26-17;/h4-5,8-9,15-16,24H,6-7,10-12H2,1-3H3;1H/q+1;/p-1. The minimum Gasteiger partial charge on any atom is -1.00 e. The quantitative estimate of drug-likeness (QED) is 0.445. The van der Waals surface area contributed by atoms with Crippen LogP contribution in [-0.4, -0.2) is 50.9 Å². The lowest BCUT2D eigenvalue weighted by Crippen LogP contribution is -3.00. The normalized spacial score (nSPS) is 20.9. The first kappa shape index (κ1) is 21.3. The highest BCUT2D eigenvalue weighted by Gasteiger charge is 2.42. The maximum atomic E-state index is 11.1. The molecule has 5 rings (SSSR count). The molecule has 2 atom stereocenters. The van der Waals surface area contributed by atoms with E-state index in [4.69, 9.17) is 23.7 Å². The Morgan fingerprint density at radius 2 is 1.80 bits per heavy atom. The molecule has 0 spiro atoms. The summed E-state index contributed by atoms with van der Waals surface area (Å²) in [4.78, 5) is 0. The Bertz CT molecular complexity index is 963. The van der Waals surface area contributed by atoms with E-state index in [0.717, 1.165) is 45.8 Å². The molecule has 162 valence electrons. The van der Waals surface area contributed by atoms with E-state index in [1.807, 2.05) is 18.2 Å². The molecule has 0 saturated heterocycles. The molecule has 0 aromatic heterocycles. The van der Waals surface area contributed by atoms with Crippen molar-refractivity contribution in [2.45, 2.75) is 25.0 Å². The van der Waals surface area contributed by atoms with Gasteiger partial charge in [-0.1, -0.05) is 6.07 Å². The van der Waals surface area contributed by atoms with E-state index in [9.17, 15) is 5.11 Å². The highest BCUT2D eigenvalue weighted by Crippen LogP contribution is 2.52. The summed E-state index contributed by atoms with van der Waals surface area (Å²) < 4.78 is 28.7. The second-order valence-corrected chi connectivity index (χ2v) is 8.35. The van der Waals surface area contributed by atoms with Crippen LogP contribution >= 0.6 is 0 Å². The van der Waals surface area contributed by atoms with Crippen LogP contribution in [0, 0.1) is 0 Å². The summed E-state index contributed by atoms with van der Waals surface area (Å²) in [6, 6.07) is 7.74. The van der Waals surface area contributed by atoms with Crippen LogP contribution < -0.4 is 47.7 Å². The fourth-order valence-corrected chi connectivity index (χ4v) is 4.64. The van der Waals surface area contributed by atoms with Gasteiger partial charge in [-0.05, 0) is 29.3 Å². The summed E-state index contributed by atoms with van der Waals surface area (Å²) in [6.45, 7) is 1.39. The third kappa shape index (κ3) is 3.44. The predicted molar refractivity (Wildman–Crippen MR) is 105 cm³/mol. The van der Waals surface area contributed by atoms with Gasteiger partial charge < -0.3 is 57.3 Å². The molecule has 0 radical (unpaired) electrons. The van der Waals surface area contributed by atoms with Crippen molar-refractivity contribution in [1.29, 1.82) is 0 Å². The number of aliphatic hydroxyl groups is 1. The number of ether oxygens (including phenoxy) is 5. The molecule has 0 bridgehead atoms. The summed E-state index contributed by atoms with van der Waals surface area (Å²) in [5.41, 5.74) is 3.13. The second-order valence-electron chi connectivity index (χ2n) is 8.35. The second kappa shape index (κ2) is 7.97. The van der Waals surface area contributed by atoms with Crippen molar-refractivity contribution < 1.29 is 57.3 Å². The van der Waals surface area contributed by atoms with Crippen molar-refractivity contribution >= 4 is 0 Å². The van der Waals surface area contributed by atoms with Gasteiger partial charge in [-0.3, -0.25) is 0 Å². The average Bonchev–Trinajstić information content (AvgIpc) is 3.36. The van der Waals surface area contributed by atoms with E-state index in [-0.39, 0.29) is 43.6 Å². The van der Waals surface area contributed by atoms with Gasteiger partial charge in [0, 0.05) is 12.8 Å². The SMILES string of the molecule is COc1c2c(cc3c1C(CC(O)c1ccc4c(c1)OCO4)[N+](C)(C)CC3)OCO2.[I-]. The van der Waals surface area contributed by atoms with Crippen LogP contribution in [0.4, 0.5) is 0 Å². The molecule has 30 heavy (non-hydrogen) atoms. The number of aliphatic hydroxyl groups excluding tert-OH is 1. The van der Waals surface area contributed by atoms with Crippen molar-refractivity contribution in [3.63, 3.8) is 0 Å². The highest BCUT2D eigenvalue weighted by molar-refractivity contribution is 5.61. The van der Waals surface area contributed by atoms with E-state index in [2.05, 4.69) is 20.2 Å². The number of methoxy groups -OCH3 is 1. The molecule has 2 aromatic rings. The minimum absolute atomic E-state index is 0. The number of benzene rings is 2. The van der Waals surface area contributed by atoms with Gasteiger partial charge in [-0.2, -0.15) is 0 Å². The molecule has 0 saturated carbocycles. The topological polar surface area (TPSA) is 66.4 Å². The van der Waals surface area contributed by atoms with Crippen molar-refractivity contribution in [1.82, 2.24) is 0 Å². The van der Waals surface area contributed by atoms with Gasteiger partial charge in [0.15, 0.2) is 23.0 Å². The number of nitrogens with zero attached hydrogens (tertiary/aromatic N) is 1. The van der Waals surface area contributed by atoms with Crippen LogP contribution in [0.1, 0.15) is 35.3 Å². The Morgan fingerprint density at radius 3 is 2.60 bits per heavy atom. The molecule has 0 fully saturated rings. The summed E-state index contributed by atoms with van der Waals surface area (Å²) in [5, 5.41) is 11.1. The molecule has 1 N–H and O–H groups in total. The monoisotopic (exact) mass is 527 g/mol. The number of fused-ring (bicyclic) bond motifs is 3. The molecule has 7 nitrogen and oxygen atoms in total. The maximum absolute atomic E-state index is 11.1. The van der Waals surface area contributed by atoms with Gasteiger partial charge in [0.25, 0.3) is 0 Å². The van der Waals surface area contributed by atoms with Gasteiger partial charge in [-0.25, -0.2) is 0 Å². The number of quaternary nitrogens is 1. The van der Waals surface area contributed by atoms with Crippen LogP contribution in [-0.2, 0) is 6.42 Å². The molecular weight excluding hydrogens is 501 g/mol. The van der Waals surface area contributed by atoms with Crippen molar-refractivity contribution in [2.75, 3.05) is 41.3 Å². The number of hydrogen-bond donors (Lipinski definition) is 1. The lowest BCUT2D eigenvalue weighted by Gasteiger charge is -2.44. The Labute approximate surface area is 193 Å². The number of likely N-dealkylation sites (N-methyl/N-ethyl adjacent to an activating group) is 1. The molecule has 3 aliphatic rings. The zero-order valence-corrected chi connectivity index (χ0v) is 19.5. The first-order chi connectivity index (χ1) is 14.0. The van der Waals surface area contributed by atoms with Gasteiger partial charge in [0.2, 0.25) is 19.3 Å². The van der Waals surface area contributed by atoms with Crippen molar-refractivity contribution in [2.24, 2.45) is 0 Å². The fraction of sp³-hybridized carbons (Fsp3) is 0.455. The van der Waals surface area contributed by atoms with E-state index in [1.54, 1.807) is 7.11 Å². The van der Waals surface area contributed by atoms with Gasteiger partial charge in [-0.15, -0.1) is 0 Å². The third-order valence-corrected chi connectivity index (χ3v) is 6.31. The Balaban J connectivity index is 0.00000218. The van der Waals surface area contributed by atoms with E-state index in [0.29, 0.717) is 17.9 Å². The molecular formula is C22H26INO6. The number of rotatable bonds is 4. The van der Waals surface area contributed by atoms with Crippen LogP contribution in [0.15, 0.2) is 24.3 Å². The first-order valence-corrected chi connectivity index (χ1v) is 9.87. The fourth-order valence-electron chi connectivity index (χ4n) is 4.64. The molecule has 8 heteroatoms. The Kier molecular flexibility index (Phi) is 5.67. The van der Waals surface area contributed by atoms with Crippen LogP contribution in [0.25, 0.3) is 0 Å². The van der Waals surface area contributed by atoms with E-state index < -0.39 is 6.10 Å². The van der Waals surface area contributed by atoms with Crippen molar-refractivity contribution in [3.05, 3.63) is 41.0 Å². The Morgan fingerprint density at radius 1 is 1.07 bits per heavy atom. The minimum atomic E-state index is -0.645. The third-order valence-electron chi connectivity index (χ3n) is 6.31. The maximum Gasteiger partial charge on any atom is 0.231 e. The van der Waals surface area contributed by atoms with Crippen molar-refractivity contribution in [3.8, 4) is 28.7 Å². The first-order valence-electron chi connectivity index (χ1n) is 9.87. The summed E-state index contributed by atoms with van der Waals surface area (Å²) >= 11 is 0. The van der Waals surface area contributed by atoms with Crippen LogP contribution in [0.3, 0.4) is 0 Å². The molecule has 3 aliphatic heterocycles. The van der Waals surface area contributed by atoms with E-state index in [1.165, 1.54) is 5.56 Å². The van der Waals surface area contributed by atoms with Crippen LogP contribution in [0.2, 0.25) is 0 Å². The highest BCUT2D eigenvalue weighted by atomic mass is 127. The lowest BCUT2D eigenvalue weighted by molar-refractivity contribution is -0.924. The lowest BCUT2D eigenvalue weighted by atomic mass is 9.85. The zero-order valence-electron chi connectivity index (χ0n) is 17.3. The smallest absolute Gasteiger partial charge is 0.231 e. The molecule has 0 aliphatic carbocycles. The van der Waals surface area contributed by atoms with Gasteiger partial charge >= 0.3 is 0 Å². The zero-order chi connectivity index (χ0) is 20.2. The molecule has 3 heterocycles. The summed E-state index contributed by atoms with van der Waals surface area (Å²) in [6.07, 6.45) is 0.828. The number of halogens is 1. The summed E-state index contributed by atoms with van der Waals surface area (Å²) in [7, 11) is 6.06. The summed E-state index contributed by atoms with van der Waals surface area (Å²) in [5.74, 6) is 3.53. The predicted octanol–water partition coefficient (Wildman–Crippen LogP) is -0.0461. The average molecular weight is 527 g/mol. The number of hydrogen-bond acceptors (Lipinski definition) is 6. The molecule has 2 aromatic carbocycles. The van der Waals surface area contributed by atoms with Crippen LogP contribution in [0.5, 0.6) is 28.7 Å². The molecule has 2 unspecified atom stereocenters. The van der Waals surface area contributed by atoms with E-state index >= 15 is 0 Å². The Hall–Kier alpha value is -1.91. The van der Waals surface area contributed by atoms with Gasteiger partial charge in [0.1, 0.15) is 6.04 Å². The van der Waals surface area contributed by atoms with Gasteiger partial charge in [0.05, 0.1) is 39.4 Å². The largest absolute Gasteiger partial charge is 1.00 e.